The first-order valence-corrected chi connectivity index (χ1v) is 9.49. The molecule has 0 radical (unpaired) electrons. The van der Waals surface area contributed by atoms with Gasteiger partial charge in [0.1, 0.15) is 28.9 Å². The van der Waals surface area contributed by atoms with Crippen LogP contribution in [0.4, 0.5) is 10.2 Å². The van der Waals surface area contributed by atoms with Crippen molar-refractivity contribution in [1.29, 1.82) is 0 Å². The van der Waals surface area contributed by atoms with E-state index in [9.17, 15) is 9.18 Å². The van der Waals surface area contributed by atoms with Gasteiger partial charge in [0.15, 0.2) is 11.5 Å². The summed E-state index contributed by atoms with van der Waals surface area (Å²) in [5.41, 5.74) is 0.763. The largest absolute Gasteiger partial charge is 0.358 e. The molecule has 2 aromatic carbocycles. The van der Waals surface area contributed by atoms with Crippen LogP contribution in [0, 0.1) is 5.82 Å². The highest BCUT2D eigenvalue weighted by Gasteiger charge is 2.22. The maximum atomic E-state index is 14.6. The number of fused-ring (bicyclic) bond motifs is 2. The summed E-state index contributed by atoms with van der Waals surface area (Å²) >= 11 is 0. The summed E-state index contributed by atoms with van der Waals surface area (Å²) in [5.74, 6) is -0.303. The van der Waals surface area contributed by atoms with Crippen LogP contribution in [0.25, 0.3) is 27.8 Å². The van der Waals surface area contributed by atoms with E-state index in [1.165, 1.54) is 35.4 Å². The van der Waals surface area contributed by atoms with E-state index in [-0.39, 0.29) is 23.1 Å². The lowest BCUT2D eigenvalue weighted by molar-refractivity contribution is 0.630. The summed E-state index contributed by atoms with van der Waals surface area (Å²) < 4.78 is 39.6. The van der Waals surface area contributed by atoms with Gasteiger partial charge >= 0.3 is 0 Å². The first-order valence-electron chi connectivity index (χ1n) is 11.0. The van der Waals surface area contributed by atoms with Crippen molar-refractivity contribution < 1.29 is 8.50 Å². The number of imidazole rings is 1. The van der Waals surface area contributed by atoms with Crippen LogP contribution in [0.15, 0.2) is 66.0 Å². The van der Waals surface area contributed by atoms with Gasteiger partial charge in [-0.2, -0.15) is 0 Å². The number of aromatic amines is 1. The first kappa shape index (κ1) is 15.7. The predicted molar refractivity (Wildman–Crippen MR) is 116 cm³/mol. The number of nitrogens with zero attached hydrogens (tertiary/aromatic N) is 5. The highest BCUT2D eigenvalue weighted by Crippen LogP contribution is 2.26. The van der Waals surface area contributed by atoms with E-state index in [2.05, 4.69) is 30.2 Å². The standard InChI is InChI=1S/C22H18FN7O/c1-2-15(28-20-18-19(25-11-24-18)26-12-27-20)21-29-16-10-6-9-14(23)17(16)22(31)30(21)13-7-4-3-5-8-13/h3-12,15H,2H2,1H3,(H2,24,25,26,27,28)/t15-/m0/s1/i1D3. The number of para-hydroxylation sites is 1. The number of hydrogen-bond donors (Lipinski definition) is 2. The van der Waals surface area contributed by atoms with Crippen molar-refractivity contribution in [2.24, 2.45) is 0 Å². The molecule has 3 heterocycles. The molecule has 5 aromatic rings. The number of nitrogens with one attached hydrogen (secondary N) is 2. The molecule has 154 valence electrons. The van der Waals surface area contributed by atoms with E-state index in [0.29, 0.717) is 22.7 Å². The lowest BCUT2D eigenvalue weighted by Crippen LogP contribution is -2.28. The normalized spacial score (nSPS) is 14.2. The van der Waals surface area contributed by atoms with Gasteiger partial charge < -0.3 is 10.3 Å². The van der Waals surface area contributed by atoms with Gasteiger partial charge in [0.2, 0.25) is 0 Å². The van der Waals surface area contributed by atoms with Crippen LogP contribution >= 0.6 is 0 Å². The zero-order valence-corrected chi connectivity index (χ0v) is 16.1. The predicted octanol–water partition coefficient (Wildman–Crippen LogP) is 3.75. The third kappa shape index (κ3) is 3.20. The summed E-state index contributed by atoms with van der Waals surface area (Å²) in [4.78, 5) is 33.4. The molecule has 8 nitrogen and oxygen atoms in total. The highest BCUT2D eigenvalue weighted by molar-refractivity contribution is 5.82. The Kier molecular flexibility index (Phi) is 3.84. The van der Waals surface area contributed by atoms with Gasteiger partial charge in [-0.3, -0.25) is 9.36 Å². The number of halogens is 1. The number of H-pyrrole nitrogens is 1. The fraction of sp³-hybridized carbons (Fsp3) is 0.136. The molecule has 31 heavy (non-hydrogen) atoms. The van der Waals surface area contributed by atoms with E-state index in [1.54, 1.807) is 30.3 Å². The van der Waals surface area contributed by atoms with Crippen molar-refractivity contribution in [3.63, 3.8) is 0 Å². The van der Waals surface area contributed by atoms with Crippen LogP contribution in [-0.4, -0.2) is 29.5 Å². The lowest BCUT2D eigenvalue weighted by Gasteiger charge is -2.22. The van der Waals surface area contributed by atoms with Crippen LogP contribution in [0.2, 0.25) is 0 Å². The Bertz CT molecular complexity index is 1550. The molecule has 9 heteroatoms. The monoisotopic (exact) mass is 418 g/mol. The minimum absolute atomic E-state index is 0.108. The third-order valence-electron chi connectivity index (χ3n) is 4.94. The Morgan fingerprint density at radius 2 is 2.03 bits per heavy atom. The van der Waals surface area contributed by atoms with E-state index < -0.39 is 24.3 Å². The van der Waals surface area contributed by atoms with Crippen molar-refractivity contribution in [3.05, 3.63) is 83.2 Å². The van der Waals surface area contributed by atoms with Gasteiger partial charge in [-0.25, -0.2) is 24.3 Å². The Hall–Kier alpha value is -4.14. The van der Waals surface area contributed by atoms with Crippen LogP contribution in [0.1, 0.15) is 29.3 Å². The van der Waals surface area contributed by atoms with Crippen LogP contribution in [-0.2, 0) is 0 Å². The number of benzene rings is 2. The van der Waals surface area contributed by atoms with Crippen molar-refractivity contribution in [2.75, 3.05) is 5.32 Å². The molecule has 5 rings (SSSR count). The average molecular weight is 418 g/mol. The fourth-order valence-electron chi connectivity index (χ4n) is 3.51. The van der Waals surface area contributed by atoms with Gasteiger partial charge in [-0.05, 0) is 30.7 Å². The molecule has 1 atom stereocenters. The smallest absolute Gasteiger partial charge is 0.269 e. The Labute approximate surface area is 180 Å². The second-order valence-electron chi connectivity index (χ2n) is 6.80. The lowest BCUT2D eigenvalue weighted by atomic mass is 10.1. The zero-order valence-electron chi connectivity index (χ0n) is 19.1. The second-order valence-corrected chi connectivity index (χ2v) is 6.80. The molecule has 0 bridgehead atoms. The second kappa shape index (κ2) is 7.60. The molecule has 0 aliphatic carbocycles. The van der Waals surface area contributed by atoms with Gasteiger partial charge in [-0.1, -0.05) is 31.1 Å². The van der Waals surface area contributed by atoms with Crippen molar-refractivity contribution >= 4 is 27.9 Å². The number of hydrogen-bond acceptors (Lipinski definition) is 6. The minimum atomic E-state index is -2.38. The van der Waals surface area contributed by atoms with Crippen LogP contribution < -0.4 is 10.9 Å². The first-order chi connectivity index (χ1) is 16.3. The van der Waals surface area contributed by atoms with Gasteiger partial charge in [0, 0.05) is 4.11 Å². The van der Waals surface area contributed by atoms with Gasteiger partial charge in [0.25, 0.3) is 5.56 Å². The minimum Gasteiger partial charge on any atom is -0.358 e. The molecule has 0 saturated heterocycles. The SMILES string of the molecule is [2H]C([2H])([2H])C[C@H](Nc1ncnc2nc[nH]c12)c1nc2cccc(F)c2c(=O)n1-c1ccccc1. The Balaban J connectivity index is 1.77. The quantitative estimate of drug-likeness (QED) is 0.451. The molecule has 0 fully saturated rings. The molecule has 0 aliphatic rings. The summed E-state index contributed by atoms with van der Waals surface area (Å²) in [7, 11) is 0. The molecule has 0 spiro atoms. The number of aromatic nitrogens is 6. The van der Waals surface area contributed by atoms with Gasteiger partial charge in [0.05, 0.1) is 23.6 Å². The molecule has 0 unspecified atom stereocenters. The molecule has 2 N–H and O–H groups in total. The Morgan fingerprint density at radius 3 is 2.87 bits per heavy atom. The fourth-order valence-corrected chi connectivity index (χ4v) is 3.51. The van der Waals surface area contributed by atoms with E-state index in [1.807, 2.05) is 0 Å². The molecule has 0 saturated carbocycles. The maximum absolute atomic E-state index is 14.6. The molecule has 0 aliphatic heterocycles. The molecular weight excluding hydrogens is 397 g/mol. The summed E-state index contributed by atoms with van der Waals surface area (Å²) in [6.45, 7) is -2.38. The molecule has 3 aromatic heterocycles. The summed E-state index contributed by atoms with van der Waals surface area (Å²) in [6, 6.07) is 11.7. The van der Waals surface area contributed by atoms with Crippen molar-refractivity contribution in [1.82, 2.24) is 29.5 Å². The van der Waals surface area contributed by atoms with E-state index in [0.717, 1.165) is 0 Å². The average Bonchev–Trinajstić information content (AvgIpc) is 3.28. The van der Waals surface area contributed by atoms with Gasteiger partial charge in [-0.15, -0.1) is 0 Å². The maximum Gasteiger partial charge on any atom is 0.269 e. The number of rotatable bonds is 5. The third-order valence-corrected chi connectivity index (χ3v) is 4.94. The van der Waals surface area contributed by atoms with E-state index in [4.69, 9.17) is 4.11 Å². The van der Waals surface area contributed by atoms with Crippen LogP contribution in [0.5, 0.6) is 0 Å². The van der Waals surface area contributed by atoms with E-state index >= 15 is 0 Å². The highest BCUT2D eigenvalue weighted by atomic mass is 19.1. The molecular formula is C22H18FN7O. The zero-order chi connectivity index (χ0) is 23.9. The van der Waals surface area contributed by atoms with Crippen molar-refractivity contribution in [3.8, 4) is 5.69 Å². The van der Waals surface area contributed by atoms with Crippen molar-refractivity contribution in [2.45, 2.75) is 19.3 Å². The van der Waals surface area contributed by atoms with Crippen LogP contribution in [0.3, 0.4) is 0 Å². The summed E-state index contributed by atoms with van der Waals surface area (Å²) in [6.07, 6.45) is 2.36. The summed E-state index contributed by atoms with van der Waals surface area (Å²) in [5, 5.41) is 2.92. The molecule has 0 amide bonds. The number of anilines is 1. The topological polar surface area (TPSA) is 101 Å². The Morgan fingerprint density at radius 1 is 1.16 bits per heavy atom.